The van der Waals surface area contributed by atoms with Crippen LogP contribution in [0.5, 0.6) is 0 Å². The molecular weight excluding hydrogens is 328 g/mol. The van der Waals surface area contributed by atoms with E-state index in [2.05, 4.69) is 37.9 Å². The average molecular weight is 360 g/mol. The van der Waals surface area contributed by atoms with Gasteiger partial charge in [-0.1, -0.05) is 39.8 Å². The Morgan fingerprint density at radius 3 is 2.15 bits per heavy atom. The normalized spacial score (nSPS) is 11.5. The number of nitrogens with zero attached hydrogens (tertiary/aromatic N) is 1. The molecule has 0 aromatic heterocycles. The SMILES string of the molecule is CCOC(=O)/C=C/c1ccc(NC(=O)CN(CC(C)C)CC(C)C)cc1. The van der Waals surface area contributed by atoms with Crippen molar-refractivity contribution in [2.75, 3.05) is 31.6 Å². The predicted molar refractivity (Wildman–Crippen MR) is 107 cm³/mol. The Labute approximate surface area is 157 Å². The highest BCUT2D eigenvalue weighted by Gasteiger charge is 2.13. The Kier molecular flexibility index (Phi) is 9.66. The van der Waals surface area contributed by atoms with Crippen molar-refractivity contribution in [2.45, 2.75) is 34.6 Å². The smallest absolute Gasteiger partial charge is 0.330 e. The average Bonchev–Trinajstić information content (AvgIpc) is 2.53. The largest absolute Gasteiger partial charge is 0.463 e. The highest BCUT2D eigenvalue weighted by Crippen LogP contribution is 2.11. The number of anilines is 1. The minimum absolute atomic E-state index is 0.0129. The molecule has 0 aliphatic heterocycles. The summed E-state index contributed by atoms with van der Waals surface area (Å²) in [7, 11) is 0. The molecule has 0 heterocycles. The van der Waals surface area contributed by atoms with E-state index in [4.69, 9.17) is 4.74 Å². The molecule has 0 aliphatic carbocycles. The maximum absolute atomic E-state index is 12.3. The van der Waals surface area contributed by atoms with E-state index in [0.717, 1.165) is 24.3 Å². The standard InChI is InChI=1S/C21H32N2O3/c1-6-26-21(25)12-9-18-7-10-19(11-8-18)22-20(24)15-23(13-16(2)3)14-17(4)5/h7-12,16-17H,6,13-15H2,1-5H3,(H,22,24)/b12-9+. The Morgan fingerprint density at radius 1 is 1.08 bits per heavy atom. The molecule has 0 bridgehead atoms. The monoisotopic (exact) mass is 360 g/mol. The van der Waals surface area contributed by atoms with Crippen molar-refractivity contribution < 1.29 is 14.3 Å². The maximum atomic E-state index is 12.3. The van der Waals surface area contributed by atoms with Gasteiger partial charge in [-0.2, -0.15) is 0 Å². The number of amides is 1. The summed E-state index contributed by atoms with van der Waals surface area (Å²) in [6, 6.07) is 7.37. The van der Waals surface area contributed by atoms with Crippen LogP contribution in [0.4, 0.5) is 5.69 Å². The molecule has 144 valence electrons. The third-order valence-electron chi connectivity index (χ3n) is 3.51. The molecule has 1 rings (SSSR count). The molecule has 0 radical (unpaired) electrons. The lowest BCUT2D eigenvalue weighted by atomic mass is 10.1. The van der Waals surface area contributed by atoms with Crippen LogP contribution < -0.4 is 5.32 Å². The Morgan fingerprint density at radius 2 is 1.65 bits per heavy atom. The van der Waals surface area contributed by atoms with Gasteiger partial charge < -0.3 is 10.1 Å². The van der Waals surface area contributed by atoms with E-state index < -0.39 is 0 Å². The van der Waals surface area contributed by atoms with Gasteiger partial charge in [0.05, 0.1) is 13.2 Å². The van der Waals surface area contributed by atoms with Crippen molar-refractivity contribution >= 4 is 23.6 Å². The van der Waals surface area contributed by atoms with Crippen molar-refractivity contribution in [1.82, 2.24) is 4.90 Å². The van der Waals surface area contributed by atoms with Crippen molar-refractivity contribution in [3.05, 3.63) is 35.9 Å². The lowest BCUT2D eigenvalue weighted by Crippen LogP contribution is -2.38. The van der Waals surface area contributed by atoms with Crippen LogP contribution in [-0.2, 0) is 14.3 Å². The zero-order chi connectivity index (χ0) is 19.5. The van der Waals surface area contributed by atoms with Gasteiger partial charge in [0.25, 0.3) is 0 Å². The number of esters is 1. The van der Waals surface area contributed by atoms with Gasteiger partial charge in [0, 0.05) is 24.9 Å². The van der Waals surface area contributed by atoms with Crippen molar-refractivity contribution in [1.29, 1.82) is 0 Å². The van der Waals surface area contributed by atoms with Gasteiger partial charge in [0.1, 0.15) is 0 Å². The fraction of sp³-hybridized carbons (Fsp3) is 0.524. The number of benzene rings is 1. The predicted octanol–water partition coefficient (Wildman–Crippen LogP) is 3.82. The van der Waals surface area contributed by atoms with Crippen LogP contribution in [0.1, 0.15) is 40.2 Å². The summed E-state index contributed by atoms with van der Waals surface area (Å²) in [4.78, 5) is 25.8. The molecule has 0 atom stereocenters. The second-order valence-corrected chi connectivity index (χ2v) is 7.24. The Bertz CT molecular complexity index is 582. The quantitative estimate of drug-likeness (QED) is 0.509. The van der Waals surface area contributed by atoms with E-state index in [0.29, 0.717) is 25.0 Å². The molecule has 0 spiro atoms. The molecule has 1 amide bonds. The van der Waals surface area contributed by atoms with E-state index in [1.54, 1.807) is 13.0 Å². The lowest BCUT2D eigenvalue weighted by molar-refractivity contribution is -0.137. The fourth-order valence-electron chi connectivity index (χ4n) is 2.67. The first-order valence-corrected chi connectivity index (χ1v) is 9.27. The lowest BCUT2D eigenvalue weighted by Gasteiger charge is -2.25. The topological polar surface area (TPSA) is 58.6 Å². The molecular formula is C21H32N2O3. The summed E-state index contributed by atoms with van der Waals surface area (Å²) >= 11 is 0. The van der Waals surface area contributed by atoms with Crippen LogP contribution in [-0.4, -0.2) is 43.0 Å². The zero-order valence-corrected chi connectivity index (χ0v) is 16.6. The number of carbonyl (C=O) groups excluding carboxylic acids is 2. The summed E-state index contributed by atoms with van der Waals surface area (Å²) in [5.41, 5.74) is 1.62. The van der Waals surface area contributed by atoms with Gasteiger partial charge in [0.2, 0.25) is 5.91 Å². The number of ether oxygens (including phenoxy) is 1. The summed E-state index contributed by atoms with van der Waals surface area (Å²) in [5.74, 6) is 0.667. The van der Waals surface area contributed by atoms with Crippen molar-refractivity contribution in [3.63, 3.8) is 0 Å². The van der Waals surface area contributed by atoms with E-state index in [1.165, 1.54) is 6.08 Å². The van der Waals surface area contributed by atoms with E-state index in [9.17, 15) is 9.59 Å². The first-order valence-electron chi connectivity index (χ1n) is 9.27. The van der Waals surface area contributed by atoms with Crippen LogP contribution in [0.15, 0.2) is 30.3 Å². The zero-order valence-electron chi connectivity index (χ0n) is 16.6. The van der Waals surface area contributed by atoms with Gasteiger partial charge in [0.15, 0.2) is 0 Å². The number of rotatable bonds is 10. The minimum Gasteiger partial charge on any atom is -0.463 e. The number of carbonyl (C=O) groups is 2. The molecule has 0 aliphatic rings. The fourth-order valence-corrected chi connectivity index (χ4v) is 2.67. The van der Waals surface area contributed by atoms with Gasteiger partial charge >= 0.3 is 5.97 Å². The Hall–Kier alpha value is -2.14. The van der Waals surface area contributed by atoms with Crippen LogP contribution in [0.3, 0.4) is 0 Å². The molecule has 0 saturated carbocycles. The molecule has 1 aromatic carbocycles. The summed E-state index contributed by atoms with van der Waals surface area (Å²) < 4.78 is 4.84. The number of hydrogen-bond donors (Lipinski definition) is 1. The molecule has 0 saturated heterocycles. The van der Waals surface area contributed by atoms with Crippen LogP contribution in [0.25, 0.3) is 6.08 Å². The third-order valence-corrected chi connectivity index (χ3v) is 3.51. The van der Waals surface area contributed by atoms with Gasteiger partial charge in [-0.25, -0.2) is 4.79 Å². The van der Waals surface area contributed by atoms with Gasteiger partial charge in [-0.15, -0.1) is 0 Å². The minimum atomic E-state index is -0.361. The van der Waals surface area contributed by atoms with E-state index in [-0.39, 0.29) is 11.9 Å². The highest BCUT2D eigenvalue weighted by molar-refractivity contribution is 5.92. The molecule has 0 unspecified atom stereocenters. The second kappa shape index (κ2) is 11.5. The Balaban J connectivity index is 2.59. The third kappa shape index (κ3) is 9.37. The molecule has 5 nitrogen and oxygen atoms in total. The molecule has 0 fully saturated rings. The van der Waals surface area contributed by atoms with Gasteiger partial charge in [-0.3, -0.25) is 9.69 Å². The summed E-state index contributed by atoms with van der Waals surface area (Å²) in [5, 5.41) is 2.93. The van der Waals surface area contributed by atoms with Crippen LogP contribution in [0, 0.1) is 11.8 Å². The summed E-state index contributed by atoms with van der Waals surface area (Å²) in [6.45, 7) is 13.0. The van der Waals surface area contributed by atoms with E-state index in [1.807, 2.05) is 24.3 Å². The molecule has 1 N–H and O–H groups in total. The summed E-state index contributed by atoms with van der Waals surface area (Å²) in [6.07, 6.45) is 3.09. The highest BCUT2D eigenvalue weighted by atomic mass is 16.5. The number of nitrogens with one attached hydrogen (secondary N) is 1. The maximum Gasteiger partial charge on any atom is 0.330 e. The molecule has 1 aromatic rings. The van der Waals surface area contributed by atoms with Crippen molar-refractivity contribution in [2.24, 2.45) is 11.8 Å². The first kappa shape index (κ1) is 21.9. The molecule has 26 heavy (non-hydrogen) atoms. The molecule has 5 heteroatoms. The van der Waals surface area contributed by atoms with E-state index >= 15 is 0 Å². The number of hydrogen-bond acceptors (Lipinski definition) is 4. The second-order valence-electron chi connectivity index (χ2n) is 7.24. The van der Waals surface area contributed by atoms with Crippen LogP contribution in [0.2, 0.25) is 0 Å². The van der Waals surface area contributed by atoms with Gasteiger partial charge in [-0.05, 0) is 42.5 Å². The van der Waals surface area contributed by atoms with Crippen LogP contribution >= 0.6 is 0 Å². The first-order chi connectivity index (χ1) is 12.3. The van der Waals surface area contributed by atoms with Crippen molar-refractivity contribution in [3.8, 4) is 0 Å².